The van der Waals surface area contributed by atoms with Crippen LogP contribution in [0.3, 0.4) is 0 Å². The van der Waals surface area contributed by atoms with Crippen molar-refractivity contribution in [3.63, 3.8) is 0 Å². The van der Waals surface area contributed by atoms with Crippen molar-refractivity contribution in [2.24, 2.45) is 5.41 Å². The van der Waals surface area contributed by atoms with Crippen LogP contribution in [0, 0.1) is 5.41 Å². The van der Waals surface area contributed by atoms with E-state index in [0.29, 0.717) is 0 Å². The summed E-state index contributed by atoms with van der Waals surface area (Å²) in [7, 11) is 0. The van der Waals surface area contributed by atoms with Crippen molar-refractivity contribution in [3.05, 3.63) is 23.8 Å². The summed E-state index contributed by atoms with van der Waals surface area (Å²) in [5, 5.41) is 3.48. The number of amides is 1. The Morgan fingerprint density at radius 1 is 1.22 bits per heavy atom. The molecule has 0 fully saturated rings. The first-order valence-corrected chi connectivity index (χ1v) is 8.42. The molecule has 1 N–H and O–H groups in total. The number of aryl methyl sites for hydroxylation is 1. The molecule has 1 amide bonds. The van der Waals surface area contributed by atoms with Gasteiger partial charge in [-0.15, -0.1) is 0 Å². The number of ether oxygens (including phenoxy) is 1. The quantitative estimate of drug-likeness (QED) is 0.849. The van der Waals surface area contributed by atoms with Crippen molar-refractivity contribution >= 4 is 17.5 Å². The largest absolute Gasteiger partial charge is 0.443 e. The molecule has 0 radical (unpaired) electrons. The summed E-state index contributed by atoms with van der Waals surface area (Å²) in [6, 6.07) is 6.24. The zero-order chi connectivity index (χ0) is 17.3. The number of carbonyl (C=O) groups excluding carboxylic acids is 1. The molecule has 1 heterocycles. The van der Waals surface area contributed by atoms with E-state index in [-0.39, 0.29) is 11.5 Å². The van der Waals surface area contributed by atoms with E-state index in [4.69, 9.17) is 4.74 Å². The topological polar surface area (TPSA) is 41.6 Å². The van der Waals surface area contributed by atoms with Gasteiger partial charge in [0.2, 0.25) is 0 Å². The molecule has 4 nitrogen and oxygen atoms in total. The average Bonchev–Trinajstić information content (AvgIpc) is 2.41. The summed E-state index contributed by atoms with van der Waals surface area (Å²) in [6.45, 7) is 14.0. The van der Waals surface area contributed by atoms with Gasteiger partial charge in [0.05, 0.1) is 5.69 Å². The van der Waals surface area contributed by atoms with Crippen molar-refractivity contribution in [2.75, 3.05) is 23.3 Å². The third kappa shape index (κ3) is 5.15. The minimum absolute atomic E-state index is 0.235. The predicted octanol–water partition coefficient (Wildman–Crippen LogP) is 4.83. The van der Waals surface area contributed by atoms with Crippen molar-refractivity contribution in [1.82, 2.24) is 0 Å². The third-order valence-electron chi connectivity index (χ3n) is 3.63. The van der Waals surface area contributed by atoms with Crippen LogP contribution in [0.25, 0.3) is 0 Å². The minimum atomic E-state index is -0.469. The Morgan fingerprint density at radius 2 is 1.91 bits per heavy atom. The van der Waals surface area contributed by atoms with Crippen LogP contribution < -0.4 is 10.2 Å². The van der Waals surface area contributed by atoms with Gasteiger partial charge in [0.25, 0.3) is 0 Å². The lowest BCUT2D eigenvalue weighted by molar-refractivity contribution is 0.0578. The maximum atomic E-state index is 12.4. The second-order valence-electron chi connectivity index (χ2n) is 8.49. The molecule has 1 aliphatic heterocycles. The standard InChI is InChI=1S/C19H30N2O2/c1-18(2,3)13-20-15-9-10-16-14(12-15)8-7-11-21(16)17(22)23-19(4,5)6/h9-10,12,20H,7-8,11,13H2,1-6H3. The van der Waals surface area contributed by atoms with E-state index in [2.05, 4.69) is 32.2 Å². The Kier molecular flexibility index (Phi) is 4.92. The molecular weight excluding hydrogens is 288 g/mol. The molecule has 4 heteroatoms. The van der Waals surface area contributed by atoms with E-state index >= 15 is 0 Å². The van der Waals surface area contributed by atoms with E-state index in [1.807, 2.05) is 32.9 Å². The summed E-state index contributed by atoms with van der Waals surface area (Å²) < 4.78 is 5.53. The fraction of sp³-hybridized carbons (Fsp3) is 0.632. The number of rotatable bonds is 2. The molecule has 0 spiro atoms. The zero-order valence-electron chi connectivity index (χ0n) is 15.3. The van der Waals surface area contributed by atoms with E-state index in [9.17, 15) is 4.79 Å². The molecule has 0 atom stereocenters. The van der Waals surface area contributed by atoms with E-state index in [1.165, 1.54) is 5.56 Å². The van der Waals surface area contributed by atoms with Gasteiger partial charge in [-0.25, -0.2) is 4.79 Å². The number of hydrogen-bond acceptors (Lipinski definition) is 3. The Hall–Kier alpha value is -1.71. The predicted molar refractivity (Wildman–Crippen MR) is 96.3 cm³/mol. The number of nitrogens with zero attached hydrogens (tertiary/aromatic N) is 1. The summed E-state index contributed by atoms with van der Waals surface area (Å²) >= 11 is 0. The average molecular weight is 318 g/mol. The SMILES string of the molecule is CC(C)(C)CNc1ccc2c(c1)CCCN2C(=O)OC(C)(C)C. The van der Waals surface area contributed by atoms with Gasteiger partial charge in [0, 0.05) is 18.8 Å². The fourth-order valence-corrected chi connectivity index (χ4v) is 2.58. The van der Waals surface area contributed by atoms with Gasteiger partial charge in [-0.05, 0) is 62.8 Å². The molecule has 0 unspecified atom stereocenters. The Balaban J connectivity index is 2.15. The van der Waals surface area contributed by atoms with E-state index in [1.54, 1.807) is 4.90 Å². The lowest BCUT2D eigenvalue weighted by Gasteiger charge is -2.32. The van der Waals surface area contributed by atoms with Crippen LogP contribution in [0.2, 0.25) is 0 Å². The molecular formula is C19H30N2O2. The van der Waals surface area contributed by atoms with Crippen LogP contribution in [-0.2, 0) is 11.2 Å². The number of carbonyl (C=O) groups is 1. The Morgan fingerprint density at radius 3 is 2.52 bits per heavy atom. The molecule has 1 aromatic rings. The third-order valence-corrected chi connectivity index (χ3v) is 3.63. The monoisotopic (exact) mass is 318 g/mol. The number of fused-ring (bicyclic) bond motifs is 1. The van der Waals surface area contributed by atoms with Crippen LogP contribution in [0.4, 0.5) is 16.2 Å². The summed E-state index contributed by atoms with van der Waals surface area (Å²) in [4.78, 5) is 14.2. The van der Waals surface area contributed by atoms with Gasteiger partial charge in [0.1, 0.15) is 5.60 Å². The van der Waals surface area contributed by atoms with Crippen LogP contribution in [-0.4, -0.2) is 24.8 Å². The number of hydrogen-bond donors (Lipinski definition) is 1. The molecule has 1 aromatic carbocycles. The Bertz CT molecular complexity index is 568. The maximum absolute atomic E-state index is 12.4. The highest BCUT2D eigenvalue weighted by atomic mass is 16.6. The van der Waals surface area contributed by atoms with Gasteiger partial charge >= 0.3 is 6.09 Å². The van der Waals surface area contributed by atoms with Gasteiger partial charge in [-0.3, -0.25) is 4.90 Å². The van der Waals surface area contributed by atoms with Gasteiger partial charge in [-0.2, -0.15) is 0 Å². The minimum Gasteiger partial charge on any atom is -0.443 e. The molecule has 0 bridgehead atoms. The normalized spacial score (nSPS) is 15.1. The lowest BCUT2D eigenvalue weighted by Crippen LogP contribution is -2.39. The van der Waals surface area contributed by atoms with Crippen LogP contribution in [0.1, 0.15) is 53.5 Å². The highest BCUT2D eigenvalue weighted by Crippen LogP contribution is 2.31. The van der Waals surface area contributed by atoms with Crippen molar-refractivity contribution in [1.29, 1.82) is 0 Å². The second-order valence-corrected chi connectivity index (χ2v) is 8.49. The number of anilines is 2. The number of benzene rings is 1. The molecule has 2 rings (SSSR count). The molecule has 0 saturated carbocycles. The second kappa shape index (κ2) is 6.42. The first kappa shape index (κ1) is 17.6. The van der Waals surface area contributed by atoms with Gasteiger partial charge < -0.3 is 10.1 Å². The summed E-state index contributed by atoms with van der Waals surface area (Å²) in [5.41, 5.74) is 3.07. The van der Waals surface area contributed by atoms with Crippen LogP contribution in [0.15, 0.2) is 18.2 Å². The lowest BCUT2D eigenvalue weighted by atomic mass is 9.96. The fourth-order valence-electron chi connectivity index (χ4n) is 2.58. The van der Waals surface area contributed by atoms with Gasteiger partial charge in [-0.1, -0.05) is 20.8 Å². The van der Waals surface area contributed by atoms with Crippen LogP contribution >= 0.6 is 0 Å². The first-order valence-electron chi connectivity index (χ1n) is 8.42. The molecule has 0 saturated heterocycles. The molecule has 1 aliphatic rings. The zero-order valence-corrected chi connectivity index (χ0v) is 15.3. The van der Waals surface area contributed by atoms with Crippen molar-refractivity contribution in [2.45, 2.75) is 60.0 Å². The highest BCUT2D eigenvalue weighted by Gasteiger charge is 2.27. The van der Waals surface area contributed by atoms with Crippen molar-refractivity contribution < 1.29 is 9.53 Å². The molecule has 23 heavy (non-hydrogen) atoms. The number of nitrogens with one attached hydrogen (secondary N) is 1. The Labute approximate surface area is 140 Å². The molecule has 0 aliphatic carbocycles. The molecule has 0 aromatic heterocycles. The highest BCUT2D eigenvalue weighted by molar-refractivity contribution is 5.90. The summed E-state index contributed by atoms with van der Waals surface area (Å²) in [6.07, 6.45) is 1.71. The summed E-state index contributed by atoms with van der Waals surface area (Å²) in [5.74, 6) is 0. The van der Waals surface area contributed by atoms with E-state index in [0.717, 1.165) is 37.3 Å². The van der Waals surface area contributed by atoms with Gasteiger partial charge in [0.15, 0.2) is 0 Å². The smallest absolute Gasteiger partial charge is 0.414 e. The maximum Gasteiger partial charge on any atom is 0.414 e. The first-order chi connectivity index (χ1) is 10.6. The van der Waals surface area contributed by atoms with Crippen LogP contribution in [0.5, 0.6) is 0 Å². The van der Waals surface area contributed by atoms with Crippen molar-refractivity contribution in [3.8, 4) is 0 Å². The molecule has 128 valence electrons. The van der Waals surface area contributed by atoms with E-state index < -0.39 is 5.60 Å².